The number of aliphatic hydroxyl groups is 1. The summed E-state index contributed by atoms with van der Waals surface area (Å²) in [6.07, 6.45) is 5.42. The third-order valence-corrected chi connectivity index (χ3v) is 3.25. The predicted octanol–water partition coefficient (Wildman–Crippen LogP) is -0.0100. The van der Waals surface area contributed by atoms with Crippen molar-refractivity contribution < 1.29 is 5.11 Å². The van der Waals surface area contributed by atoms with Gasteiger partial charge < -0.3 is 10.8 Å². The van der Waals surface area contributed by atoms with Crippen molar-refractivity contribution in [2.45, 2.75) is 43.7 Å². The minimum atomic E-state index is -0.628. The number of nitrogens with zero attached hydrogens (tertiary/aromatic N) is 3. The Kier molecular flexibility index (Phi) is 2.75. The molecule has 1 saturated carbocycles. The van der Waals surface area contributed by atoms with Gasteiger partial charge in [-0.15, -0.1) is 0 Å². The first-order valence-corrected chi connectivity index (χ1v) is 5.40. The SMILES string of the molecule is Cn1ncnc1CC1(O)CCC(N)CC1. The van der Waals surface area contributed by atoms with E-state index in [1.54, 1.807) is 4.68 Å². The smallest absolute Gasteiger partial charge is 0.138 e. The number of hydrogen-bond donors (Lipinski definition) is 2. The fraction of sp³-hybridized carbons (Fsp3) is 0.800. The van der Waals surface area contributed by atoms with E-state index in [2.05, 4.69) is 10.1 Å². The zero-order chi connectivity index (χ0) is 10.9. The number of hydrogen-bond acceptors (Lipinski definition) is 4. The van der Waals surface area contributed by atoms with Crippen molar-refractivity contribution in [1.29, 1.82) is 0 Å². The summed E-state index contributed by atoms with van der Waals surface area (Å²) >= 11 is 0. The molecule has 0 unspecified atom stereocenters. The van der Waals surface area contributed by atoms with Gasteiger partial charge in [0.25, 0.3) is 0 Å². The van der Waals surface area contributed by atoms with E-state index in [9.17, 15) is 5.11 Å². The van der Waals surface area contributed by atoms with E-state index in [0.717, 1.165) is 31.5 Å². The third kappa shape index (κ3) is 2.35. The van der Waals surface area contributed by atoms with E-state index >= 15 is 0 Å². The van der Waals surface area contributed by atoms with Crippen LogP contribution in [0.3, 0.4) is 0 Å². The molecule has 0 aliphatic heterocycles. The molecule has 1 aliphatic carbocycles. The molecule has 0 amide bonds. The standard InChI is InChI=1S/C10H18N4O/c1-14-9(12-7-13-14)6-10(15)4-2-8(11)3-5-10/h7-8,15H,2-6,11H2,1H3. The molecule has 0 saturated heterocycles. The summed E-state index contributed by atoms with van der Waals surface area (Å²) < 4.78 is 1.71. The van der Waals surface area contributed by atoms with Crippen molar-refractivity contribution in [3.8, 4) is 0 Å². The summed E-state index contributed by atoms with van der Waals surface area (Å²) in [5.74, 6) is 0.841. The van der Waals surface area contributed by atoms with Crippen LogP contribution in [-0.4, -0.2) is 31.5 Å². The predicted molar refractivity (Wildman–Crippen MR) is 56.1 cm³/mol. The number of aromatic nitrogens is 3. The van der Waals surface area contributed by atoms with Crippen molar-refractivity contribution in [3.05, 3.63) is 12.2 Å². The van der Waals surface area contributed by atoms with E-state index in [4.69, 9.17) is 5.73 Å². The molecule has 0 aromatic carbocycles. The molecule has 1 aliphatic rings. The van der Waals surface area contributed by atoms with E-state index < -0.39 is 5.60 Å². The number of nitrogens with two attached hydrogens (primary N) is 1. The van der Waals surface area contributed by atoms with Gasteiger partial charge in [-0.3, -0.25) is 4.68 Å². The highest BCUT2D eigenvalue weighted by Crippen LogP contribution is 2.30. The van der Waals surface area contributed by atoms with Gasteiger partial charge in [-0.05, 0) is 25.7 Å². The Morgan fingerprint density at radius 1 is 1.60 bits per heavy atom. The van der Waals surface area contributed by atoms with Crippen LogP contribution in [0.25, 0.3) is 0 Å². The van der Waals surface area contributed by atoms with E-state index in [-0.39, 0.29) is 6.04 Å². The second kappa shape index (κ2) is 3.90. The summed E-state index contributed by atoms with van der Waals surface area (Å²) in [6.45, 7) is 0. The molecular formula is C10H18N4O. The van der Waals surface area contributed by atoms with Crippen LogP contribution in [0, 0.1) is 0 Å². The van der Waals surface area contributed by atoms with Crippen molar-refractivity contribution in [2.24, 2.45) is 12.8 Å². The van der Waals surface area contributed by atoms with E-state index in [0.29, 0.717) is 6.42 Å². The first-order chi connectivity index (χ1) is 7.09. The molecule has 2 rings (SSSR count). The minimum absolute atomic E-state index is 0.254. The highest BCUT2D eigenvalue weighted by Gasteiger charge is 2.33. The van der Waals surface area contributed by atoms with Gasteiger partial charge in [0, 0.05) is 19.5 Å². The Morgan fingerprint density at radius 3 is 2.80 bits per heavy atom. The maximum Gasteiger partial charge on any atom is 0.138 e. The van der Waals surface area contributed by atoms with E-state index in [1.165, 1.54) is 6.33 Å². The van der Waals surface area contributed by atoms with Crippen molar-refractivity contribution >= 4 is 0 Å². The Morgan fingerprint density at radius 2 is 2.27 bits per heavy atom. The summed E-state index contributed by atoms with van der Waals surface area (Å²) in [5.41, 5.74) is 5.19. The van der Waals surface area contributed by atoms with Crippen molar-refractivity contribution in [3.63, 3.8) is 0 Å². The lowest BCUT2D eigenvalue weighted by molar-refractivity contribution is -0.00214. The van der Waals surface area contributed by atoms with Crippen LogP contribution in [0.5, 0.6) is 0 Å². The highest BCUT2D eigenvalue weighted by molar-refractivity contribution is 4.97. The van der Waals surface area contributed by atoms with Crippen molar-refractivity contribution in [1.82, 2.24) is 14.8 Å². The summed E-state index contributed by atoms with van der Waals surface area (Å²) in [7, 11) is 1.85. The summed E-state index contributed by atoms with van der Waals surface area (Å²) in [4.78, 5) is 4.13. The van der Waals surface area contributed by atoms with E-state index in [1.807, 2.05) is 7.05 Å². The summed E-state index contributed by atoms with van der Waals surface area (Å²) in [5, 5.41) is 14.3. The first kappa shape index (κ1) is 10.6. The molecule has 3 N–H and O–H groups in total. The molecule has 1 aromatic rings. The van der Waals surface area contributed by atoms with Crippen molar-refractivity contribution in [2.75, 3.05) is 0 Å². The third-order valence-electron chi connectivity index (χ3n) is 3.25. The maximum atomic E-state index is 10.3. The van der Waals surface area contributed by atoms with Gasteiger partial charge in [0.15, 0.2) is 0 Å². The average Bonchev–Trinajstić information content (AvgIpc) is 2.58. The molecule has 5 heteroatoms. The van der Waals surface area contributed by atoms with Gasteiger partial charge in [0.2, 0.25) is 0 Å². The van der Waals surface area contributed by atoms with Gasteiger partial charge in [0.1, 0.15) is 12.2 Å². The summed E-state index contributed by atoms with van der Waals surface area (Å²) in [6, 6.07) is 0.254. The monoisotopic (exact) mass is 210 g/mol. The second-order valence-corrected chi connectivity index (χ2v) is 4.54. The molecular weight excluding hydrogens is 192 g/mol. The Balaban J connectivity index is 2.02. The molecule has 1 aromatic heterocycles. The van der Waals surface area contributed by atoms with Crippen LogP contribution < -0.4 is 5.73 Å². The average molecular weight is 210 g/mol. The number of rotatable bonds is 2. The molecule has 1 fully saturated rings. The van der Waals surface area contributed by atoms with Gasteiger partial charge in [-0.25, -0.2) is 4.98 Å². The fourth-order valence-corrected chi connectivity index (χ4v) is 2.13. The van der Waals surface area contributed by atoms with Gasteiger partial charge in [0.05, 0.1) is 5.60 Å². The lowest BCUT2D eigenvalue weighted by atomic mass is 9.80. The van der Waals surface area contributed by atoms with Gasteiger partial charge >= 0.3 is 0 Å². The van der Waals surface area contributed by atoms with Gasteiger partial charge in [-0.1, -0.05) is 0 Å². The highest BCUT2D eigenvalue weighted by atomic mass is 16.3. The molecule has 1 heterocycles. The van der Waals surface area contributed by atoms with Crippen LogP contribution in [0.4, 0.5) is 0 Å². The van der Waals surface area contributed by atoms with Gasteiger partial charge in [-0.2, -0.15) is 5.10 Å². The van der Waals surface area contributed by atoms with Crippen LogP contribution in [0.2, 0.25) is 0 Å². The Bertz CT molecular complexity index is 328. The zero-order valence-electron chi connectivity index (χ0n) is 9.06. The molecule has 0 bridgehead atoms. The fourth-order valence-electron chi connectivity index (χ4n) is 2.13. The largest absolute Gasteiger partial charge is 0.389 e. The molecule has 0 spiro atoms. The molecule has 5 nitrogen and oxygen atoms in total. The first-order valence-electron chi connectivity index (χ1n) is 5.40. The second-order valence-electron chi connectivity index (χ2n) is 4.54. The lowest BCUT2D eigenvalue weighted by Crippen LogP contribution is -2.41. The molecule has 0 atom stereocenters. The maximum absolute atomic E-state index is 10.3. The topological polar surface area (TPSA) is 77.0 Å². The molecule has 84 valence electrons. The quantitative estimate of drug-likeness (QED) is 0.719. The van der Waals surface area contributed by atoms with Crippen LogP contribution in [-0.2, 0) is 13.5 Å². The Labute approximate surface area is 89.3 Å². The zero-order valence-corrected chi connectivity index (χ0v) is 9.06. The number of aryl methyl sites for hydroxylation is 1. The van der Waals surface area contributed by atoms with Crippen LogP contribution in [0.1, 0.15) is 31.5 Å². The Hall–Kier alpha value is -0.940. The normalized spacial score (nSPS) is 31.8. The van der Waals surface area contributed by atoms with Crippen LogP contribution in [0.15, 0.2) is 6.33 Å². The molecule has 0 radical (unpaired) electrons. The minimum Gasteiger partial charge on any atom is -0.389 e. The lowest BCUT2D eigenvalue weighted by Gasteiger charge is -2.34. The van der Waals surface area contributed by atoms with Crippen LogP contribution >= 0.6 is 0 Å². The molecule has 15 heavy (non-hydrogen) atoms.